The van der Waals surface area contributed by atoms with Crippen LogP contribution in [0.25, 0.3) is 0 Å². The molecule has 2 saturated heterocycles. The minimum atomic E-state index is -0.115. The summed E-state index contributed by atoms with van der Waals surface area (Å²) in [7, 11) is 0. The van der Waals surface area contributed by atoms with Crippen LogP contribution in [0.3, 0.4) is 0 Å². The molecule has 0 aromatic heterocycles. The molecule has 0 aromatic rings. The molecule has 0 aromatic carbocycles. The van der Waals surface area contributed by atoms with Crippen LogP contribution in [0.2, 0.25) is 0 Å². The van der Waals surface area contributed by atoms with Gasteiger partial charge in [0.2, 0.25) is 0 Å². The zero-order chi connectivity index (χ0) is 12.0. The fourth-order valence-corrected chi connectivity index (χ4v) is 3.69. The summed E-state index contributed by atoms with van der Waals surface area (Å²) < 4.78 is 6.10. The molecule has 2 aliphatic rings. The van der Waals surface area contributed by atoms with Crippen LogP contribution in [0.4, 0.5) is 0 Å². The zero-order valence-electron chi connectivity index (χ0n) is 11.3. The maximum atomic E-state index is 6.10. The van der Waals surface area contributed by atoms with E-state index >= 15 is 0 Å². The third-order valence-electron chi connectivity index (χ3n) is 3.57. The Morgan fingerprint density at radius 1 is 1.06 bits per heavy atom. The lowest BCUT2D eigenvalue weighted by molar-refractivity contribution is -0.158. The first kappa shape index (κ1) is 12.3. The van der Waals surface area contributed by atoms with Gasteiger partial charge in [0.1, 0.15) is 5.72 Å². The van der Waals surface area contributed by atoms with Crippen molar-refractivity contribution in [3.05, 3.63) is 0 Å². The molecule has 0 radical (unpaired) electrons. The van der Waals surface area contributed by atoms with Crippen molar-refractivity contribution in [2.45, 2.75) is 76.7 Å². The number of nitrogens with one attached hydrogen (secondary N) is 2. The minimum Gasteiger partial charge on any atom is -0.360 e. The summed E-state index contributed by atoms with van der Waals surface area (Å²) in [6, 6.07) is 0.568. The highest BCUT2D eigenvalue weighted by atomic mass is 16.5. The predicted octanol–water partition coefficient (Wildman–Crippen LogP) is 2.02. The quantitative estimate of drug-likeness (QED) is 0.663. The van der Waals surface area contributed by atoms with Crippen molar-refractivity contribution >= 4 is 0 Å². The standard InChI is InChI=1S/C13H26N2O/c1-10-6-7-16-13(14-10)8-11(2,3)15-12(4,5)9-13/h10,14-15H,6-9H2,1-5H3. The number of rotatable bonds is 0. The van der Waals surface area contributed by atoms with Crippen molar-refractivity contribution < 1.29 is 4.74 Å². The monoisotopic (exact) mass is 226 g/mol. The number of hydrogen-bond donors (Lipinski definition) is 2. The Kier molecular flexibility index (Phi) is 2.84. The van der Waals surface area contributed by atoms with E-state index in [1.165, 1.54) is 0 Å². The Morgan fingerprint density at radius 3 is 2.12 bits per heavy atom. The molecule has 2 rings (SSSR count). The Bertz CT molecular complexity index is 257. The minimum absolute atomic E-state index is 0.115. The molecule has 2 N–H and O–H groups in total. The van der Waals surface area contributed by atoms with E-state index in [0.29, 0.717) is 6.04 Å². The molecule has 2 aliphatic heterocycles. The van der Waals surface area contributed by atoms with Crippen LogP contribution in [-0.2, 0) is 4.74 Å². The van der Waals surface area contributed by atoms with Crippen molar-refractivity contribution in [1.82, 2.24) is 10.6 Å². The zero-order valence-corrected chi connectivity index (χ0v) is 11.3. The molecule has 1 spiro atoms. The first-order valence-electron chi connectivity index (χ1n) is 6.43. The number of hydrogen-bond acceptors (Lipinski definition) is 3. The van der Waals surface area contributed by atoms with E-state index in [1.807, 2.05) is 0 Å². The normalized spacial score (nSPS) is 36.2. The van der Waals surface area contributed by atoms with Crippen molar-refractivity contribution in [2.24, 2.45) is 0 Å². The summed E-state index contributed by atoms with van der Waals surface area (Å²) in [6.07, 6.45) is 3.19. The van der Waals surface area contributed by atoms with Crippen LogP contribution in [-0.4, -0.2) is 29.5 Å². The van der Waals surface area contributed by atoms with E-state index < -0.39 is 0 Å². The molecule has 0 amide bonds. The molecule has 94 valence electrons. The molecule has 0 aliphatic carbocycles. The van der Waals surface area contributed by atoms with Crippen molar-refractivity contribution in [1.29, 1.82) is 0 Å². The van der Waals surface area contributed by atoms with Gasteiger partial charge in [0, 0.05) is 30.0 Å². The third kappa shape index (κ3) is 2.58. The molecule has 3 heteroatoms. The summed E-state index contributed by atoms with van der Waals surface area (Å²) in [4.78, 5) is 0. The SMILES string of the molecule is CC1CCOC2(CC(C)(C)NC(C)(C)C2)N1. The van der Waals surface area contributed by atoms with Gasteiger partial charge in [-0.1, -0.05) is 0 Å². The number of piperidine rings is 1. The van der Waals surface area contributed by atoms with Gasteiger partial charge >= 0.3 is 0 Å². The fourth-order valence-electron chi connectivity index (χ4n) is 3.69. The summed E-state index contributed by atoms with van der Waals surface area (Å²) in [5.74, 6) is 0. The summed E-state index contributed by atoms with van der Waals surface area (Å²) in [6.45, 7) is 12.2. The molecule has 0 saturated carbocycles. The highest BCUT2D eigenvalue weighted by molar-refractivity contribution is 5.05. The summed E-state index contributed by atoms with van der Waals surface area (Å²) in [5.41, 5.74) is 0.146. The average molecular weight is 226 g/mol. The van der Waals surface area contributed by atoms with Gasteiger partial charge in [-0.15, -0.1) is 0 Å². The molecule has 16 heavy (non-hydrogen) atoms. The van der Waals surface area contributed by atoms with Crippen LogP contribution in [0.1, 0.15) is 53.9 Å². The molecule has 3 nitrogen and oxygen atoms in total. The summed E-state index contributed by atoms with van der Waals surface area (Å²) >= 11 is 0. The van der Waals surface area contributed by atoms with Crippen LogP contribution in [0, 0.1) is 0 Å². The molecule has 0 bridgehead atoms. The van der Waals surface area contributed by atoms with Crippen molar-refractivity contribution in [2.75, 3.05) is 6.61 Å². The highest BCUT2D eigenvalue weighted by Crippen LogP contribution is 2.38. The van der Waals surface area contributed by atoms with E-state index in [2.05, 4.69) is 45.3 Å². The lowest BCUT2D eigenvalue weighted by Crippen LogP contribution is -2.70. The Morgan fingerprint density at radius 2 is 1.62 bits per heavy atom. The van der Waals surface area contributed by atoms with E-state index in [4.69, 9.17) is 4.74 Å². The molecule has 2 fully saturated rings. The first-order valence-corrected chi connectivity index (χ1v) is 6.43. The lowest BCUT2D eigenvalue weighted by atomic mass is 9.76. The van der Waals surface area contributed by atoms with Gasteiger partial charge in [0.05, 0.1) is 6.61 Å². The van der Waals surface area contributed by atoms with Gasteiger partial charge in [0.25, 0.3) is 0 Å². The van der Waals surface area contributed by atoms with Crippen molar-refractivity contribution in [3.8, 4) is 0 Å². The van der Waals surface area contributed by atoms with E-state index in [-0.39, 0.29) is 16.8 Å². The Hall–Kier alpha value is -0.120. The predicted molar refractivity (Wildman–Crippen MR) is 66.4 cm³/mol. The largest absolute Gasteiger partial charge is 0.360 e. The van der Waals surface area contributed by atoms with Crippen molar-refractivity contribution in [3.63, 3.8) is 0 Å². The second kappa shape index (κ2) is 3.69. The van der Waals surface area contributed by atoms with E-state index in [9.17, 15) is 0 Å². The molecule has 1 unspecified atom stereocenters. The van der Waals surface area contributed by atoms with Gasteiger partial charge in [-0.3, -0.25) is 5.32 Å². The van der Waals surface area contributed by atoms with Gasteiger partial charge in [0.15, 0.2) is 0 Å². The molecule has 1 atom stereocenters. The number of ether oxygens (including phenoxy) is 1. The van der Waals surface area contributed by atoms with Gasteiger partial charge in [-0.05, 0) is 41.0 Å². The van der Waals surface area contributed by atoms with Crippen LogP contribution < -0.4 is 10.6 Å². The molecular weight excluding hydrogens is 200 g/mol. The first-order chi connectivity index (χ1) is 7.22. The second-order valence-corrected chi connectivity index (χ2v) is 6.92. The maximum absolute atomic E-state index is 6.10. The van der Waals surface area contributed by atoms with Crippen LogP contribution in [0.5, 0.6) is 0 Å². The molecular formula is C13H26N2O. The highest BCUT2D eigenvalue weighted by Gasteiger charge is 2.49. The van der Waals surface area contributed by atoms with Gasteiger partial charge in [-0.2, -0.15) is 0 Å². The van der Waals surface area contributed by atoms with Gasteiger partial charge in [-0.25, -0.2) is 0 Å². The Balaban J connectivity index is 2.20. The summed E-state index contributed by atoms with van der Waals surface area (Å²) in [5, 5.41) is 7.38. The van der Waals surface area contributed by atoms with Crippen LogP contribution in [0.15, 0.2) is 0 Å². The third-order valence-corrected chi connectivity index (χ3v) is 3.57. The lowest BCUT2D eigenvalue weighted by Gasteiger charge is -2.55. The van der Waals surface area contributed by atoms with E-state index in [0.717, 1.165) is 25.9 Å². The fraction of sp³-hybridized carbons (Fsp3) is 1.00. The molecule has 2 heterocycles. The van der Waals surface area contributed by atoms with Crippen LogP contribution >= 0.6 is 0 Å². The topological polar surface area (TPSA) is 33.3 Å². The second-order valence-electron chi connectivity index (χ2n) is 6.92. The maximum Gasteiger partial charge on any atom is 0.122 e. The van der Waals surface area contributed by atoms with Gasteiger partial charge < -0.3 is 10.1 Å². The Labute approximate surface area is 99.3 Å². The average Bonchev–Trinajstić information content (AvgIpc) is 1.94. The smallest absolute Gasteiger partial charge is 0.122 e. The van der Waals surface area contributed by atoms with E-state index in [1.54, 1.807) is 0 Å².